The Hall–Kier alpha value is -3.47. The lowest BCUT2D eigenvalue weighted by atomic mass is 9.97. The molecule has 0 unspecified atom stereocenters. The second-order valence-electron chi connectivity index (χ2n) is 12.8. The van der Waals surface area contributed by atoms with Crippen LogP contribution in [-0.4, -0.2) is 150 Å². The molecular weight excluding hydrogens is 684 g/mol. The number of aromatic hydroxyl groups is 2. The van der Waals surface area contributed by atoms with E-state index in [2.05, 4.69) is 0 Å². The lowest BCUT2D eigenvalue weighted by molar-refractivity contribution is -0.358. The van der Waals surface area contributed by atoms with Gasteiger partial charge < -0.3 is 83.9 Å². The maximum absolute atomic E-state index is 12.6. The number of hydrogen-bond donors (Lipinski definition) is 10. The minimum Gasteiger partial charge on any atom is -0.508 e. The number of aliphatic hydroxyl groups is 8. The second-order valence-corrected chi connectivity index (χ2v) is 12.8. The fourth-order valence-electron chi connectivity index (χ4n) is 6.15. The van der Waals surface area contributed by atoms with Crippen LogP contribution in [0.2, 0.25) is 0 Å². The Bertz CT molecular complexity index is 1720. The second kappa shape index (κ2) is 14.9. The van der Waals surface area contributed by atoms with Crippen molar-refractivity contribution < 1.29 is 83.9 Å². The third kappa shape index (κ3) is 7.42. The van der Waals surface area contributed by atoms with Gasteiger partial charge in [-0.15, -0.1) is 0 Å². The molecule has 51 heavy (non-hydrogen) atoms. The molecule has 2 aromatic carbocycles. The molecule has 3 fully saturated rings. The Kier molecular flexibility index (Phi) is 10.9. The molecule has 4 heterocycles. The van der Waals surface area contributed by atoms with E-state index in [0.29, 0.717) is 5.56 Å². The average Bonchev–Trinajstić information content (AvgIpc) is 3.09. The normalized spacial score (nSPS) is 38.8. The minimum absolute atomic E-state index is 0.0399. The first-order valence-corrected chi connectivity index (χ1v) is 16.1. The summed E-state index contributed by atoms with van der Waals surface area (Å²) in [5, 5.41) is 104. The lowest BCUT2D eigenvalue weighted by Crippen LogP contribution is -2.64. The number of aliphatic hydroxyl groups excluding tert-OH is 8. The van der Waals surface area contributed by atoms with Gasteiger partial charge in [0.05, 0.1) is 18.8 Å². The highest BCUT2D eigenvalue weighted by Gasteiger charge is 2.51. The summed E-state index contributed by atoms with van der Waals surface area (Å²) < 4.78 is 39.5. The summed E-state index contributed by atoms with van der Waals surface area (Å²) >= 11 is 0. The number of phenolic OH excluding ortho intramolecular Hbond substituents is 2. The number of rotatable bonds is 8. The van der Waals surface area contributed by atoms with Crippen LogP contribution in [0.25, 0.3) is 22.3 Å². The highest BCUT2D eigenvalue weighted by molar-refractivity contribution is 5.86. The summed E-state index contributed by atoms with van der Waals surface area (Å²) in [6, 6.07) is 9.30. The predicted octanol–water partition coefficient (Wildman–Crippen LogP) is -2.25. The molecule has 18 heteroatoms. The minimum atomic E-state index is -1.76. The Morgan fingerprint density at radius 3 is 2.00 bits per heavy atom. The Balaban J connectivity index is 1.10. The van der Waals surface area contributed by atoms with Crippen LogP contribution in [0, 0.1) is 0 Å². The molecule has 0 radical (unpaired) electrons. The fraction of sp³-hybridized carbons (Fsp3) is 0.545. The number of hydrogen-bond acceptors (Lipinski definition) is 18. The largest absolute Gasteiger partial charge is 0.508 e. The van der Waals surface area contributed by atoms with Crippen LogP contribution < -0.4 is 10.2 Å². The van der Waals surface area contributed by atoms with E-state index in [9.17, 15) is 55.9 Å². The van der Waals surface area contributed by atoms with Crippen LogP contribution in [0.1, 0.15) is 13.8 Å². The summed E-state index contributed by atoms with van der Waals surface area (Å²) in [5.74, 6) is -0.487. The van der Waals surface area contributed by atoms with E-state index in [1.165, 1.54) is 44.2 Å². The van der Waals surface area contributed by atoms with Crippen molar-refractivity contribution in [3.63, 3.8) is 0 Å². The van der Waals surface area contributed by atoms with Gasteiger partial charge in [-0.25, -0.2) is 0 Å². The highest BCUT2D eigenvalue weighted by Crippen LogP contribution is 2.33. The first kappa shape index (κ1) is 37.3. The standard InChI is InChI=1S/C33H40O18/c1-11-22(37)25(40)27(42)32(47-11)51-30-23(38)12(2)46-31(29(30)44)45-10-20-24(39)26(41)28(43)33(50-20)48-15-5-3-13(4-6-15)18-9-17(36)21-16(35)7-14(34)8-19(21)49-18/h3-9,11-12,20,22-35,37-44H,10H2,1-2H3/t11-,12-,20+,22-,23-,24-,25+,26-,27+,28+,29+,30+,31+,32-,33+/m0/s1. The van der Waals surface area contributed by atoms with Gasteiger partial charge in [0.25, 0.3) is 0 Å². The highest BCUT2D eigenvalue weighted by atomic mass is 16.7. The molecule has 3 aliphatic rings. The van der Waals surface area contributed by atoms with E-state index in [-0.39, 0.29) is 28.2 Å². The first-order valence-electron chi connectivity index (χ1n) is 16.1. The molecule has 1 aromatic heterocycles. The van der Waals surface area contributed by atoms with Crippen LogP contribution in [0.3, 0.4) is 0 Å². The van der Waals surface area contributed by atoms with Crippen molar-refractivity contribution in [2.24, 2.45) is 0 Å². The summed E-state index contributed by atoms with van der Waals surface area (Å²) in [6.45, 7) is 2.35. The first-order chi connectivity index (χ1) is 24.1. The van der Waals surface area contributed by atoms with Crippen molar-refractivity contribution in [3.8, 4) is 28.6 Å². The molecule has 18 nitrogen and oxygen atoms in total. The quantitative estimate of drug-likeness (QED) is 0.117. The zero-order chi connectivity index (χ0) is 36.9. The molecule has 0 saturated carbocycles. The van der Waals surface area contributed by atoms with Gasteiger partial charge in [0.2, 0.25) is 6.29 Å². The van der Waals surface area contributed by atoms with Crippen molar-refractivity contribution in [1.82, 2.24) is 0 Å². The Morgan fingerprint density at radius 1 is 0.667 bits per heavy atom. The van der Waals surface area contributed by atoms with Crippen molar-refractivity contribution in [3.05, 3.63) is 52.7 Å². The van der Waals surface area contributed by atoms with E-state index >= 15 is 0 Å². The number of benzene rings is 2. The molecule has 15 atom stereocenters. The third-order valence-corrected chi connectivity index (χ3v) is 9.16. The SMILES string of the molecule is C[C@@H]1O[C@@H](O[C@@H]2[C@@H](O)[C@H](C)O[C@@H](OC[C@H]3O[C@@H](Oc4ccc(-c5cc(=O)c6c(O)cc(O)cc6o5)cc4)[C@H](O)[C@@H](O)[C@H]3O)[C@@H]2O)[C@H](O)[C@H](O)[C@H]1O. The van der Waals surface area contributed by atoms with Crippen LogP contribution in [0.5, 0.6) is 17.2 Å². The van der Waals surface area contributed by atoms with Crippen LogP contribution in [0.15, 0.2) is 51.7 Å². The van der Waals surface area contributed by atoms with Gasteiger partial charge in [-0.1, -0.05) is 0 Å². The Labute approximate surface area is 288 Å². The van der Waals surface area contributed by atoms with E-state index in [1.807, 2.05) is 0 Å². The van der Waals surface area contributed by atoms with Crippen LogP contribution in [0.4, 0.5) is 0 Å². The van der Waals surface area contributed by atoms with Gasteiger partial charge in [0, 0.05) is 23.8 Å². The topological polar surface area (TPSA) is 288 Å². The van der Waals surface area contributed by atoms with E-state index in [0.717, 1.165) is 12.1 Å². The zero-order valence-corrected chi connectivity index (χ0v) is 27.1. The molecule has 3 saturated heterocycles. The van der Waals surface area contributed by atoms with Gasteiger partial charge in [0.15, 0.2) is 18.0 Å². The molecule has 3 aromatic rings. The zero-order valence-electron chi connectivity index (χ0n) is 27.1. The van der Waals surface area contributed by atoms with Crippen LogP contribution >= 0.6 is 0 Å². The summed E-state index contributed by atoms with van der Waals surface area (Å²) in [4.78, 5) is 12.6. The van der Waals surface area contributed by atoms with Crippen LogP contribution in [-0.2, 0) is 23.7 Å². The summed E-state index contributed by atoms with van der Waals surface area (Å²) in [6.07, 6.45) is -22.4. The smallest absolute Gasteiger partial charge is 0.229 e. The molecule has 0 amide bonds. The maximum Gasteiger partial charge on any atom is 0.229 e. The number of ether oxygens (including phenoxy) is 6. The van der Waals surface area contributed by atoms with E-state index in [1.54, 1.807) is 0 Å². The molecular formula is C33H40O18. The monoisotopic (exact) mass is 724 g/mol. The van der Waals surface area contributed by atoms with Gasteiger partial charge in [-0.05, 0) is 38.1 Å². The van der Waals surface area contributed by atoms with Gasteiger partial charge in [-0.3, -0.25) is 4.79 Å². The summed E-state index contributed by atoms with van der Waals surface area (Å²) in [7, 11) is 0. The van der Waals surface area contributed by atoms with Gasteiger partial charge in [0.1, 0.15) is 95.0 Å². The number of phenols is 2. The number of fused-ring (bicyclic) bond motifs is 1. The molecule has 6 rings (SSSR count). The van der Waals surface area contributed by atoms with Gasteiger partial charge >= 0.3 is 0 Å². The molecule has 0 aliphatic carbocycles. The molecule has 280 valence electrons. The third-order valence-electron chi connectivity index (χ3n) is 9.16. The van der Waals surface area contributed by atoms with E-state index < -0.39 is 110 Å². The maximum atomic E-state index is 12.6. The molecule has 3 aliphatic heterocycles. The van der Waals surface area contributed by atoms with E-state index in [4.69, 9.17) is 32.8 Å². The Morgan fingerprint density at radius 2 is 1.29 bits per heavy atom. The van der Waals surface area contributed by atoms with Crippen molar-refractivity contribution in [1.29, 1.82) is 0 Å². The predicted molar refractivity (Wildman–Crippen MR) is 168 cm³/mol. The summed E-state index contributed by atoms with van der Waals surface area (Å²) in [5.41, 5.74) is -0.172. The average molecular weight is 725 g/mol. The molecule has 0 spiro atoms. The van der Waals surface area contributed by atoms with Crippen molar-refractivity contribution >= 4 is 11.0 Å². The fourth-order valence-corrected chi connectivity index (χ4v) is 6.15. The molecule has 0 bridgehead atoms. The lowest BCUT2D eigenvalue weighted by Gasteiger charge is -2.46. The van der Waals surface area contributed by atoms with Crippen molar-refractivity contribution in [2.75, 3.05) is 6.61 Å². The van der Waals surface area contributed by atoms with Gasteiger partial charge in [-0.2, -0.15) is 0 Å². The van der Waals surface area contributed by atoms with Crippen molar-refractivity contribution in [2.45, 2.75) is 106 Å². The molecule has 10 N–H and O–H groups in total.